The van der Waals surface area contributed by atoms with Gasteiger partial charge < -0.3 is 5.11 Å². The van der Waals surface area contributed by atoms with Crippen molar-refractivity contribution in [2.24, 2.45) is 0 Å². The highest BCUT2D eigenvalue weighted by molar-refractivity contribution is 9.09. The van der Waals surface area contributed by atoms with Crippen LogP contribution in [0.3, 0.4) is 0 Å². The van der Waals surface area contributed by atoms with E-state index in [1.807, 2.05) is 30.3 Å². The molecule has 5 heteroatoms. The second kappa shape index (κ2) is 5.63. The van der Waals surface area contributed by atoms with Crippen LogP contribution in [0.25, 0.3) is 6.08 Å². The Hall–Kier alpha value is -1.20. The summed E-state index contributed by atoms with van der Waals surface area (Å²) in [5.74, 6) is 0. The largest absolute Gasteiger partial charge is 0.381 e. The number of alkyl halides is 1. The van der Waals surface area contributed by atoms with Gasteiger partial charge in [0.15, 0.2) is 6.10 Å². The van der Waals surface area contributed by atoms with Crippen LogP contribution in [0.2, 0.25) is 0 Å². The Labute approximate surface area is 95.5 Å². The number of nitrogens with zero attached hydrogens (tertiary/aromatic N) is 1. The Morgan fingerprint density at radius 1 is 1.40 bits per heavy atom. The summed E-state index contributed by atoms with van der Waals surface area (Å²) in [5.41, 5.74) is 0.889. The molecule has 0 unspecified atom stereocenters. The molecule has 0 aliphatic heterocycles. The number of hydrogen-bond donors (Lipinski definition) is 1. The van der Waals surface area contributed by atoms with E-state index in [0.29, 0.717) is 0 Å². The van der Waals surface area contributed by atoms with E-state index in [0.717, 1.165) is 5.56 Å². The van der Waals surface area contributed by atoms with E-state index < -0.39 is 16.0 Å². The number of aliphatic hydroxyl groups excluding tert-OH is 1. The predicted molar refractivity (Wildman–Crippen MR) is 61.2 cm³/mol. The molecule has 0 spiro atoms. The third-order valence-corrected chi connectivity index (χ3v) is 2.64. The number of nitro groups is 1. The van der Waals surface area contributed by atoms with Crippen molar-refractivity contribution in [1.82, 2.24) is 0 Å². The fraction of sp³-hybridized carbons (Fsp3) is 0.200. The molecular weight excluding hydrogens is 262 g/mol. The molecule has 0 aromatic heterocycles. The maximum absolute atomic E-state index is 10.3. The van der Waals surface area contributed by atoms with Gasteiger partial charge in [0, 0.05) is 4.92 Å². The molecule has 1 rings (SSSR count). The quantitative estimate of drug-likeness (QED) is 0.395. The molecule has 0 aliphatic rings. The van der Waals surface area contributed by atoms with Gasteiger partial charge in [-0.2, -0.15) is 0 Å². The van der Waals surface area contributed by atoms with Crippen molar-refractivity contribution in [2.45, 2.75) is 11.1 Å². The lowest BCUT2D eigenvalue weighted by molar-refractivity contribution is -0.501. The van der Waals surface area contributed by atoms with Gasteiger partial charge in [-0.1, -0.05) is 36.4 Å². The van der Waals surface area contributed by atoms with Crippen molar-refractivity contribution >= 4 is 22.0 Å². The molecule has 0 saturated heterocycles. The molecule has 0 radical (unpaired) electrons. The van der Waals surface area contributed by atoms with Crippen LogP contribution in [0.4, 0.5) is 0 Å². The van der Waals surface area contributed by atoms with E-state index in [-0.39, 0.29) is 0 Å². The van der Waals surface area contributed by atoms with Crippen LogP contribution in [-0.4, -0.2) is 21.1 Å². The van der Waals surface area contributed by atoms with Crippen LogP contribution < -0.4 is 0 Å². The average Bonchev–Trinajstić information content (AvgIpc) is 2.26. The summed E-state index contributed by atoms with van der Waals surface area (Å²) in [7, 11) is 0. The molecule has 0 aliphatic carbocycles. The number of hydrogen-bond acceptors (Lipinski definition) is 3. The van der Waals surface area contributed by atoms with E-state index in [9.17, 15) is 15.2 Å². The maximum atomic E-state index is 10.3. The van der Waals surface area contributed by atoms with E-state index in [1.54, 1.807) is 6.08 Å². The van der Waals surface area contributed by atoms with Gasteiger partial charge in [-0.3, -0.25) is 10.1 Å². The maximum Gasteiger partial charge on any atom is 0.294 e. The Bertz CT molecular complexity index is 353. The Morgan fingerprint density at radius 2 is 2.00 bits per heavy atom. The summed E-state index contributed by atoms with van der Waals surface area (Å²) in [5, 5.41) is 19.7. The van der Waals surface area contributed by atoms with Gasteiger partial charge >= 0.3 is 0 Å². The van der Waals surface area contributed by atoms with Crippen LogP contribution in [0, 0.1) is 10.1 Å². The van der Waals surface area contributed by atoms with E-state index in [1.165, 1.54) is 6.08 Å². The van der Waals surface area contributed by atoms with Gasteiger partial charge in [-0.15, -0.1) is 0 Å². The zero-order valence-electron chi connectivity index (χ0n) is 7.79. The van der Waals surface area contributed by atoms with Crippen LogP contribution in [0.1, 0.15) is 5.56 Å². The molecule has 0 heterocycles. The molecular formula is C10H10BrNO3. The lowest BCUT2D eigenvalue weighted by atomic mass is 10.2. The molecule has 1 aromatic rings. The lowest BCUT2D eigenvalue weighted by Crippen LogP contribution is -2.25. The average molecular weight is 272 g/mol. The van der Waals surface area contributed by atoms with Crippen molar-refractivity contribution in [3.05, 3.63) is 52.1 Å². The summed E-state index contributed by atoms with van der Waals surface area (Å²) in [6.07, 6.45) is 1.89. The highest BCUT2D eigenvalue weighted by Gasteiger charge is 2.23. The zero-order valence-corrected chi connectivity index (χ0v) is 9.37. The first kappa shape index (κ1) is 11.9. The summed E-state index contributed by atoms with van der Waals surface area (Å²) < 4.78 is 0. The highest BCUT2D eigenvalue weighted by atomic mass is 79.9. The SMILES string of the molecule is O=[N+]([O-])[C@@H](Br)[C@@H](O)/C=C/c1ccccc1. The summed E-state index contributed by atoms with van der Waals surface area (Å²) in [6, 6.07) is 9.27. The van der Waals surface area contributed by atoms with Gasteiger partial charge in [-0.05, 0) is 27.6 Å². The number of halogens is 1. The fourth-order valence-electron chi connectivity index (χ4n) is 0.990. The summed E-state index contributed by atoms with van der Waals surface area (Å²) in [6.45, 7) is 0. The monoisotopic (exact) mass is 271 g/mol. The van der Waals surface area contributed by atoms with E-state index >= 15 is 0 Å². The van der Waals surface area contributed by atoms with Crippen molar-refractivity contribution in [3.63, 3.8) is 0 Å². The molecule has 2 atom stereocenters. The molecule has 15 heavy (non-hydrogen) atoms. The van der Waals surface area contributed by atoms with Crippen molar-refractivity contribution in [1.29, 1.82) is 0 Å². The molecule has 1 aromatic carbocycles. The van der Waals surface area contributed by atoms with Gasteiger partial charge in [-0.25, -0.2) is 0 Å². The molecule has 80 valence electrons. The number of rotatable bonds is 4. The second-order valence-electron chi connectivity index (χ2n) is 2.92. The Kier molecular flexibility index (Phi) is 4.45. The smallest absolute Gasteiger partial charge is 0.294 e. The lowest BCUT2D eigenvalue weighted by Gasteiger charge is -2.05. The third kappa shape index (κ3) is 3.81. The Balaban J connectivity index is 2.62. The van der Waals surface area contributed by atoms with E-state index in [2.05, 4.69) is 15.9 Å². The first-order valence-corrected chi connectivity index (χ1v) is 5.21. The van der Waals surface area contributed by atoms with Crippen LogP contribution in [0.15, 0.2) is 36.4 Å². The second-order valence-corrected chi connectivity index (χ2v) is 3.86. The fourth-order valence-corrected chi connectivity index (χ4v) is 1.17. The minimum absolute atomic E-state index is 0.583. The summed E-state index contributed by atoms with van der Waals surface area (Å²) in [4.78, 5) is 8.56. The highest BCUT2D eigenvalue weighted by Crippen LogP contribution is 2.10. The van der Waals surface area contributed by atoms with Crippen LogP contribution >= 0.6 is 15.9 Å². The normalized spacial score (nSPS) is 15.1. The van der Waals surface area contributed by atoms with Crippen LogP contribution in [-0.2, 0) is 0 Å². The molecule has 0 saturated carbocycles. The molecule has 0 fully saturated rings. The third-order valence-electron chi connectivity index (χ3n) is 1.77. The minimum Gasteiger partial charge on any atom is -0.381 e. The topological polar surface area (TPSA) is 63.4 Å². The first-order chi connectivity index (χ1) is 7.11. The van der Waals surface area contributed by atoms with Gasteiger partial charge in [0.2, 0.25) is 0 Å². The number of benzene rings is 1. The molecule has 0 amide bonds. The number of aliphatic hydroxyl groups is 1. The standard InChI is InChI=1S/C10H10BrNO3/c11-10(12(14)15)9(13)7-6-8-4-2-1-3-5-8/h1-7,9-10,13H/b7-6+/t9-,10+/m0/s1. The van der Waals surface area contributed by atoms with Gasteiger partial charge in [0.05, 0.1) is 0 Å². The van der Waals surface area contributed by atoms with Crippen molar-refractivity contribution in [2.75, 3.05) is 0 Å². The molecule has 4 nitrogen and oxygen atoms in total. The van der Waals surface area contributed by atoms with Crippen molar-refractivity contribution < 1.29 is 10.0 Å². The van der Waals surface area contributed by atoms with Gasteiger partial charge in [0.1, 0.15) is 0 Å². The summed E-state index contributed by atoms with van der Waals surface area (Å²) >= 11 is 2.78. The Morgan fingerprint density at radius 3 is 2.53 bits per heavy atom. The molecule has 1 N–H and O–H groups in total. The predicted octanol–water partition coefficient (Wildman–Crippen LogP) is 2.06. The minimum atomic E-state index is -1.17. The molecule has 0 bridgehead atoms. The van der Waals surface area contributed by atoms with Crippen molar-refractivity contribution in [3.8, 4) is 0 Å². The van der Waals surface area contributed by atoms with Gasteiger partial charge in [0.25, 0.3) is 4.95 Å². The first-order valence-electron chi connectivity index (χ1n) is 4.30. The zero-order chi connectivity index (χ0) is 11.3. The van der Waals surface area contributed by atoms with Crippen LogP contribution in [0.5, 0.6) is 0 Å². The van der Waals surface area contributed by atoms with E-state index in [4.69, 9.17) is 0 Å².